The normalized spacial score (nSPS) is 12.2. The number of hydrogen-bond acceptors (Lipinski definition) is 7. The Morgan fingerprint density at radius 3 is 1.55 bits per heavy atom. The molecule has 0 saturated carbocycles. The Hall–Kier alpha value is -2.80. The summed E-state index contributed by atoms with van der Waals surface area (Å²) in [5.41, 5.74) is -0.0369. The second-order valence-corrected chi connectivity index (χ2v) is 4.91. The summed E-state index contributed by atoms with van der Waals surface area (Å²) in [5.74, 6) is -2.24. The summed E-state index contributed by atoms with van der Waals surface area (Å²) < 4.78 is 0. The molecule has 22 heavy (non-hydrogen) atoms. The number of rotatable bonds is 4. The zero-order valence-corrected chi connectivity index (χ0v) is 11.4. The monoisotopic (exact) mass is 308 g/mol. The van der Waals surface area contributed by atoms with Crippen molar-refractivity contribution < 1.29 is 35.7 Å². The Bertz CT molecular complexity index is 650. The maximum absolute atomic E-state index is 10.1. The van der Waals surface area contributed by atoms with Crippen LogP contribution in [0.15, 0.2) is 24.3 Å². The molecule has 2 rings (SSSR count). The quantitative estimate of drug-likeness (QED) is 0.454. The second-order valence-electron chi connectivity index (χ2n) is 4.91. The van der Waals surface area contributed by atoms with Gasteiger partial charge in [0, 0.05) is 29.8 Å². The predicted molar refractivity (Wildman–Crippen MR) is 76.2 cm³/mol. The maximum atomic E-state index is 10.1. The fourth-order valence-corrected chi connectivity index (χ4v) is 2.26. The van der Waals surface area contributed by atoms with Crippen molar-refractivity contribution >= 4 is 0 Å². The lowest BCUT2D eigenvalue weighted by Gasteiger charge is -2.15. The molecule has 0 aliphatic heterocycles. The fourth-order valence-electron chi connectivity index (χ4n) is 2.26. The molecular formula is C15H16O7. The molecule has 0 spiro atoms. The van der Waals surface area contributed by atoms with Crippen LogP contribution >= 0.6 is 0 Å². The molecule has 0 heterocycles. The number of phenols is 6. The van der Waals surface area contributed by atoms with Gasteiger partial charge < -0.3 is 35.7 Å². The van der Waals surface area contributed by atoms with Crippen LogP contribution in [0.25, 0.3) is 0 Å². The van der Waals surface area contributed by atoms with Crippen molar-refractivity contribution in [3.05, 3.63) is 35.4 Å². The number of aliphatic hydroxyl groups excluding tert-OH is 1. The number of aromatic hydroxyl groups is 6. The fraction of sp³-hybridized carbons (Fsp3) is 0.200. The van der Waals surface area contributed by atoms with Gasteiger partial charge in [-0.1, -0.05) is 0 Å². The molecule has 0 fully saturated rings. The summed E-state index contributed by atoms with van der Waals surface area (Å²) in [6, 6.07) is 4.06. The molecule has 2 aromatic carbocycles. The van der Waals surface area contributed by atoms with Gasteiger partial charge in [-0.3, -0.25) is 0 Å². The summed E-state index contributed by atoms with van der Waals surface area (Å²) >= 11 is 0. The van der Waals surface area contributed by atoms with Gasteiger partial charge in [-0.05, 0) is 12.8 Å². The van der Waals surface area contributed by atoms with Crippen molar-refractivity contribution in [3.8, 4) is 34.5 Å². The largest absolute Gasteiger partial charge is 0.508 e. The van der Waals surface area contributed by atoms with Gasteiger partial charge in [-0.2, -0.15) is 0 Å². The van der Waals surface area contributed by atoms with Gasteiger partial charge in [-0.25, -0.2) is 0 Å². The minimum atomic E-state index is -1.28. The highest BCUT2D eigenvalue weighted by Crippen LogP contribution is 2.39. The first-order valence-corrected chi connectivity index (χ1v) is 6.46. The first-order valence-electron chi connectivity index (χ1n) is 6.46. The van der Waals surface area contributed by atoms with Gasteiger partial charge in [-0.15, -0.1) is 0 Å². The average molecular weight is 308 g/mol. The Balaban J connectivity index is 2.19. The highest BCUT2D eigenvalue weighted by molar-refractivity contribution is 5.51. The van der Waals surface area contributed by atoms with Gasteiger partial charge in [0.05, 0.1) is 11.7 Å². The Labute approximate surface area is 125 Å². The molecule has 0 radical (unpaired) electrons. The highest BCUT2D eigenvalue weighted by atomic mass is 16.3. The molecule has 1 unspecified atom stereocenters. The van der Waals surface area contributed by atoms with Crippen LogP contribution in [0.3, 0.4) is 0 Å². The van der Waals surface area contributed by atoms with Crippen LogP contribution in [0.4, 0.5) is 0 Å². The summed E-state index contributed by atoms with van der Waals surface area (Å²) in [6.07, 6.45) is -1.29. The molecule has 0 aliphatic rings. The minimum absolute atomic E-state index is 0.0267. The van der Waals surface area contributed by atoms with E-state index in [0.717, 1.165) is 24.3 Å². The Morgan fingerprint density at radius 2 is 1.09 bits per heavy atom. The summed E-state index contributed by atoms with van der Waals surface area (Å²) in [5, 5.41) is 67.2. The average Bonchev–Trinajstić information content (AvgIpc) is 2.35. The van der Waals surface area contributed by atoms with Gasteiger partial charge in [0.1, 0.15) is 34.5 Å². The van der Waals surface area contributed by atoms with Crippen LogP contribution in [-0.4, -0.2) is 35.7 Å². The van der Waals surface area contributed by atoms with Gasteiger partial charge >= 0.3 is 0 Å². The summed E-state index contributed by atoms with van der Waals surface area (Å²) in [4.78, 5) is 0. The Kier molecular flexibility index (Phi) is 4.18. The van der Waals surface area contributed by atoms with Crippen molar-refractivity contribution in [1.82, 2.24) is 0 Å². The third kappa shape index (κ3) is 3.09. The van der Waals surface area contributed by atoms with Crippen LogP contribution in [0.1, 0.15) is 23.7 Å². The lowest BCUT2D eigenvalue weighted by Crippen LogP contribution is -2.01. The summed E-state index contributed by atoms with van der Waals surface area (Å²) in [6.45, 7) is 0. The first-order chi connectivity index (χ1) is 10.3. The van der Waals surface area contributed by atoms with Crippen molar-refractivity contribution in [2.45, 2.75) is 18.9 Å². The molecule has 2 aromatic rings. The van der Waals surface area contributed by atoms with Crippen LogP contribution in [0.2, 0.25) is 0 Å². The van der Waals surface area contributed by atoms with Crippen molar-refractivity contribution in [2.24, 2.45) is 0 Å². The maximum Gasteiger partial charge on any atom is 0.128 e. The van der Waals surface area contributed by atoms with Crippen molar-refractivity contribution in [3.63, 3.8) is 0 Å². The van der Waals surface area contributed by atoms with Gasteiger partial charge in [0.25, 0.3) is 0 Å². The molecule has 0 bridgehead atoms. The molecule has 0 aliphatic carbocycles. The molecule has 0 saturated heterocycles. The molecule has 7 heteroatoms. The van der Waals surface area contributed by atoms with E-state index in [9.17, 15) is 35.7 Å². The first kappa shape index (κ1) is 15.6. The molecule has 0 amide bonds. The number of phenolic OH excluding ortho intramolecular Hbond substituents is 6. The summed E-state index contributed by atoms with van der Waals surface area (Å²) in [7, 11) is 0. The third-order valence-corrected chi connectivity index (χ3v) is 3.31. The molecule has 7 N–H and O–H groups in total. The second kappa shape index (κ2) is 5.90. The van der Waals surface area contributed by atoms with E-state index in [0.29, 0.717) is 0 Å². The van der Waals surface area contributed by atoms with E-state index >= 15 is 0 Å². The van der Waals surface area contributed by atoms with Gasteiger partial charge in [0.15, 0.2) is 0 Å². The van der Waals surface area contributed by atoms with E-state index in [2.05, 4.69) is 0 Å². The van der Waals surface area contributed by atoms with Crippen LogP contribution in [0.5, 0.6) is 34.5 Å². The van der Waals surface area contributed by atoms with Crippen molar-refractivity contribution in [2.75, 3.05) is 0 Å². The highest BCUT2D eigenvalue weighted by Gasteiger charge is 2.20. The zero-order valence-electron chi connectivity index (χ0n) is 11.4. The topological polar surface area (TPSA) is 142 Å². The van der Waals surface area contributed by atoms with E-state index in [1.807, 2.05) is 0 Å². The Morgan fingerprint density at radius 1 is 0.682 bits per heavy atom. The number of benzene rings is 2. The van der Waals surface area contributed by atoms with Crippen LogP contribution < -0.4 is 0 Å². The molecule has 0 aromatic heterocycles. The predicted octanol–water partition coefficient (Wildman–Crippen LogP) is 1.59. The van der Waals surface area contributed by atoms with E-state index in [1.165, 1.54) is 0 Å². The lowest BCUT2D eigenvalue weighted by atomic mass is 9.98. The van der Waals surface area contributed by atoms with Crippen LogP contribution in [0, 0.1) is 0 Å². The SMILES string of the molecule is Oc1cc(O)c(CCC(O)c2c(O)cc(O)cc2O)c(O)c1. The van der Waals surface area contributed by atoms with Crippen molar-refractivity contribution in [1.29, 1.82) is 0 Å². The minimum Gasteiger partial charge on any atom is -0.508 e. The third-order valence-electron chi connectivity index (χ3n) is 3.31. The molecule has 118 valence electrons. The van der Waals surface area contributed by atoms with E-state index in [1.54, 1.807) is 0 Å². The van der Waals surface area contributed by atoms with E-state index in [4.69, 9.17) is 0 Å². The van der Waals surface area contributed by atoms with Gasteiger partial charge in [0.2, 0.25) is 0 Å². The lowest BCUT2D eigenvalue weighted by molar-refractivity contribution is 0.159. The zero-order chi connectivity index (χ0) is 16.4. The molecule has 1 atom stereocenters. The molecule has 7 nitrogen and oxygen atoms in total. The smallest absolute Gasteiger partial charge is 0.128 e. The van der Waals surface area contributed by atoms with E-state index in [-0.39, 0.29) is 47.0 Å². The van der Waals surface area contributed by atoms with E-state index < -0.39 is 17.6 Å². The molecular weight excluding hydrogens is 292 g/mol. The number of aliphatic hydroxyl groups is 1. The van der Waals surface area contributed by atoms with Crippen LogP contribution in [-0.2, 0) is 6.42 Å². The number of hydrogen-bond donors (Lipinski definition) is 7. The standard InChI is InChI=1S/C15H16O7/c16-7-3-11(19)9(12(20)4-7)1-2-10(18)15-13(21)5-8(17)6-14(15)22/h3-6,10,16-22H,1-2H2.